The molecule has 0 spiro atoms. The van der Waals surface area contributed by atoms with Gasteiger partial charge in [0.2, 0.25) is 5.91 Å². The van der Waals surface area contributed by atoms with E-state index < -0.39 is 0 Å². The van der Waals surface area contributed by atoms with Gasteiger partial charge in [0, 0.05) is 12.6 Å². The molecule has 0 unspecified atom stereocenters. The van der Waals surface area contributed by atoms with E-state index >= 15 is 0 Å². The van der Waals surface area contributed by atoms with Crippen molar-refractivity contribution in [1.29, 1.82) is 0 Å². The lowest BCUT2D eigenvalue weighted by Gasteiger charge is -2.20. The van der Waals surface area contributed by atoms with Gasteiger partial charge in [-0.2, -0.15) is 0 Å². The fourth-order valence-electron chi connectivity index (χ4n) is 2.25. The molecule has 1 saturated carbocycles. The van der Waals surface area contributed by atoms with Gasteiger partial charge < -0.3 is 10.2 Å². The zero-order valence-corrected chi connectivity index (χ0v) is 11.4. The van der Waals surface area contributed by atoms with Crippen molar-refractivity contribution in [2.75, 3.05) is 19.6 Å². The van der Waals surface area contributed by atoms with Crippen LogP contribution in [0, 0.1) is 5.82 Å². The van der Waals surface area contributed by atoms with Crippen molar-refractivity contribution in [2.45, 2.75) is 32.2 Å². The Morgan fingerprint density at radius 3 is 2.79 bits per heavy atom. The second-order valence-corrected chi connectivity index (χ2v) is 4.93. The van der Waals surface area contributed by atoms with Crippen LogP contribution in [0.25, 0.3) is 0 Å². The van der Waals surface area contributed by atoms with Gasteiger partial charge in [0.25, 0.3) is 0 Å². The molecule has 0 atom stereocenters. The molecule has 2 rings (SSSR count). The van der Waals surface area contributed by atoms with Crippen LogP contribution in [0.5, 0.6) is 0 Å². The molecule has 1 aliphatic carbocycles. The van der Waals surface area contributed by atoms with E-state index in [9.17, 15) is 9.18 Å². The number of nitrogens with one attached hydrogen (secondary N) is 1. The third kappa shape index (κ3) is 4.03. The van der Waals surface area contributed by atoms with Crippen LogP contribution >= 0.6 is 0 Å². The van der Waals surface area contributed by atoms with Crippen molar-refractivity contribution in [2.24, 2.45) is 0 Å². The molecule has 1 aliphatic rings. The van der Waals surface area contributed by atoms with Crippen molar-refractivity contribution in [1.82, 2.24) is 10.2 Å². The topological polar surface area (TPSA) is 32.3 Å². The number of rotatable bonds is 7. The van der Waals surface area contributed by atoms with Crippen LogP contribution in [0.4, 0.5) is 4.39 Å². The second kappa shape index (κ2) is 6.66. The molecule has 1 N–H and O–H groups in total. The predicted molar refractivity (Wildman–Crippen MR) is 73.4 cm³/mol. The summed E-state index contributed by atoms with van der Waals surface area (Å²) in [5, 5.41) is 3.10. The van der Waals surface area contributed by atoms with Crippen LogP contribution in [0.15, 0.2) is 24.3 Å². The van der Waals surface area contributed by atoms with E-state index in [0.29, 0.717) is 31.1 Å². The molecule has 104 valence electrons. The highest BCUT2D eigenvalue weighted by Crippen LogP contribution is 2.26. The minimum absolute atomic E-state index is 0.151. The van der Waals surface area contributed by atoms with Gasteiger partial charge in [-0.15, -0.1) is 0 Å². The van der Waals surface area contributed by atoms with Gasteiger partial charge in [-0.25, -0.2) is 4.39 Å². The molecular formula is C15H21FN2O. The normalized spacial score (nSPS) is 14.4. The molecule has 1 amide bonds. The molecule has 1 aromatic rings. The van der Waals surface area contributed by atoms with Crippen molar-refractivity contribution >= 4 is 5.91 Å². The van der Waals surface area contributed by atoms with Crippen LogP contribution in [0.3, 0.4) is 0 Å². The Bertz CT molecular complexity index is 432. The quantitative estimate of drug-likeness (QED) is 0.764. The van der Waals surface area contributed by atoms with Crippen LogP contribution in [0.2, 0.25) is 0 Å². The zero-order valence-electron chi connectivity index (χ0n) is 11.4. The number of carbonyl (C=O) groups excluding carboxylic acids is 1. The van der Waals surface area contributed by atoms with Crippen LogP contribution in [-0.2, 0) is 11.2 Å². The van der Waals surface area contributed by atoms with E-state index in [1.165, 1.54) is 6.07 Å². The molecule has 0 heterocycles. The Morgan fingerprint density at radius 1 is 1.42 bits per heavy atom. The summed E-state index contributed by atoms with van der Waals surface area (Å²) in [6.07, 6.45) is 2.87. The number of amides is 1. The smallest absolute Gasteiger partial charge is 0.236 e. The average molecular weight is 264 g/mol. The van der Waals surface area contributed by atoms with Crippen LogP contribution in [0.1, 0.15) is 25.3 Å². The molecule has 1 aromatic carbocycles. The molecule has 0 radical (unpaired) electrons. The van der Waals surface area contributed by atoms with Gasteiger partial charge in [-0.1, -0.05) is 18.2 Å². The highest BCUT2D eigenvalue weighted by molar-refractivity contribution is 5.78. The van der Waals surface area contributed by atoms with Gasteiger partial charge in [-0.3, -0.25) is 4.79 Å². The number of halogens is 1. The maximum atomic E-state index is 13.4. The predicted octanol–water partition coefficient (Wildman–Crippen LogP) is 1.97. The number of benzene rings is 1. The Kier molecular flexibility index (Phi) is 4.91. The van der Waals surface area contributed by atoms with Crippen LogP contribution < -0.4 is 5.32 Å². The van der Waals surface area contributed by atoms with Crippen LogP contribution in [-0.4, -0.2) is 36.5 Å². The molecule has 0 aromatic heterocycles. The second-order valence-electron chi connectivity index (χ2n) is 4.93. The molecule has 19 heavy (non-hydrogen) atoms. The van der Waals surface area contributed by atoms with E-state index in [4.69, 9.17) is 0 Å². The van der Waals surface area contributed by atoms with E-state index in [1.54, 1.807) is 12.1 Å². The maximum absolute atomic E-state index is 13.4. The van der Waals surface area contributed by atoms with Crippen molar-refractivity contribution < 1.29 is 9.18 Å². The largest absolute Gasteiger partial charge is 0.339 e. The summed E-state index contributed by atoms with van der Waals surface area (Å²) in [5.74, 6) is -0.0256. The first kappa shape index (κ1) is 14.0. The Morgan fingerprint density at radius 2 is 2.16 bits per heavy atom. The lowest BCUT2D eigenvalue weighted by molar-refractivity contribution is -0.130. The monoisotopic (exact) mass is 264 g/mol. The zero-order chi connectivity index (χ0) is 13.7. The number of likely N-dealkylation sites (N-methyl/N-ethyl adjacent to an activating group) is 1. The van der Waals surface area contributed by atoms with E-state index in [1.807, 2.05) is 17.9 Å². The molecule has 4 heteroatoms. The minimum atomic E-state index is -0.177. The molecule has 0 aliphatic heterocycles. The van der Waals surface area contributed by atoms with Crippen molar-refractivity contribution in [3.63, 3.8) is 0 Å². The maximum Gasteiger partial charge on any atom is 0.236 e. The van der Waals surface area contributed by atoms with Gasteiger partial charge in [-0.05, 0) is 44.4 Å². The molecule has 0 bridgehead atoms. The number of hydrogen-bond acceptors (Lipinski definition) is 2. The molecule has 1 fully saturated rings. The highest BCUT2D eigenvalue weighted by atomic mass is 19.1. The fourth-order valence-corrected chi connectivity index (χ4v) is 2.25. The van der Waals surface area contributed by atoms with Gasteiger partial charge >= 0.3 is 0 Å². The van der Waals surface area contributed by atoms with Crippen molar-refractivity contribution in [3.8, 4) is 0 Å². The summed E-state index contributed by atoms with van der Waals surface area (Å²) in [7, 11) is 0. The van der Waals surface area contributed by atoms with E-state index in [-0.39, 0.29) is 11.7 Å². The summed E-state index contributed by atoms with van der Waals surface area (Å²) in [6, 6.07) is 7.22. The molecular weight excluding hydrogens is 243 g/mol. The summed E-state index contributed by atoms with van der Waals surface area (Å²) < 4.78 is 13.4. The Labute approximate surface area is 113 Å². The first-order valence-electron chi connectivity index (χ1n) is 6.96. The summed E-state index contributed by atoms with van der Waals surface area (Å²) in [5.41, 5.74) is 0.692. The Hall–Kier alpha value is -1.42. The lowest BCUT2D eigenvalue weighted by Crippen LogP contribution is -2.39. The summed E-state index contributed by atoms with van der Waals surface area (Å²) >= 11 is 0. The van der Waals surface area contributed by atoms with Gasteiger partial charge in [0.15, 0.2) is 0 Å². The SMILES string of the molecule is CCN(C(=O)CNCCc1ccccc1F)C1CC1. The fraction of sp³-hybridized carbons (Fsp3) is 0.533. The highest BCUT2D eigenvalue weighted by Gasteiger charge is 2.30. The van der Waals surface area contributed by atoms with Crippen molar-refractivity contribution in [3.05, 3.63) is 35.6 Å². The van der Waals surface area contributed by atoms with E-state index in [0.717, 1.165) is 19.4 Å². The molecule has 3 nitrogen and oxygen atoms in total. The molecule has 0 saturated heterocycles. The summed E-state index contributed by atoms with van der Waals surface area (Å²) in [6.45, 7) is 3.75. The van der Waals surface area contributed by atoms with Gasteiger partial charge in [0.1, 0.15) is 5.82 Å². The first-order chi connectivity index (χ1) is 9.22. The minimum Gasteiger partial charge on any atom is -0.339 e. The Balaban J connectivity index is 1.69. The van der Waals surface area contributed by atoms with E-state index in [2.05, 4.69) is 5.32 Å². The third-order valence-corrected chi connectivity index (χ3v) is 3.45. The number of hydrogen-bond donors (Lipinski definition) is 1. The number of carbonyl (C=O) groups is 1. The average Bonchev–Trinajstić information content (AvgIpc) is 3.22. The standard InChI is InChI=1S/C15H21FN2O/c1-2-18(13-7-8-13)15(19)11-17-10-9-12-5-3-4-6-14(12)16/h3-6,13,17H,2,7-11H2,1H3. The van der Waals surface area contributed by atoms with Gasteiger partial charge in [0.05, 0.1) is 6.54 Å². The first-order valence-corrected chi connectivity index (χ1v) is 6.96. The third-order valence-electron chi connectivity index (χ3n) is 3.45. The summed E-state index contributed by atoms with van der Waals surface area (Å²) in [4.78, 5) is 13.9. The lowest BCUT2D eigenvalue weighted by atomic mass is 10.1. The number of nitrogens with zero attached hydrogens (tertiary/aromatic N) is 1.